The predicted molar refractivity (Wildman–Crippen MR) is 52.3 cm³/mol. The second-order valence-corrected chi connectivity index (χ2v) is 3.54. The van der Waals surface area contributed by atoms with E-state index in [1.807, 2.05) is 0 Å². The highest BCUT2D eigenvalue weighted by Gasteiger charge is 2.16. The topological polar surface area (TPSA) is 12.0 Å². The van der Waals surface area contributed by atoms with Crippen molar-refractivity contribution in [3.63, 3.8) is 0 Å². The Morgan fingerprint density at radius 2 is 1.92 bits per heavy atom. The highest BCUT2D eigenvalue weighted by atomic mass is 14.9. The number of benzene rings is 1. The molecular weight excluding hydrogens is 146 g/mol. The molecule has 12 heavy (non-hydrogen) atoms. The van der Waals surface area contributed by atoms with Crippen LogP contribution in [0.3, 0.4) is 0 Å². The van der Waals surface area contributed by atoms with Crippen molar-refractivity contribution < 1.29 is 0 Å². The third-order valence-corrected chi connectivity index (χ3v) is 2.59. The Bertz CT molecular complexity index is 226. The van der Waals surface area contributed by atoms with Crippen molar-refractivity contribution in [2.24, 2.45) is 5.92 Å². The van der Waals surface area contributed by atoms with Gasteiger partial charge in [0.2, 0.25) is 0 Å². The van der Waals surface area contributed by atoms with Crippen molar-refractivity contribution in [2.45, 2.75) is 19.3 Å². The van der Waals surface area contributed by atoms with Crippen LogP contribution in [-0.2, 0) is 0 Å². The molecule has 0 saturated heterocycles. The second kappa shape index (κ2) is 3.61. The highest BCUT2D eigenvalue weighted by molar-refractivity contribution is 5.42. The van der Waals surface area contributed by atoms with Gasteiger partial charge in [0.25, 0.3) is 0 Å². The summed E-state index contributed by atoms with van der Waals surface area (Å²) in [5.41, 5.74) is 1.25. The largest absolute Gasteiger partial charge is 0.385 e. The molecule has 1 aromatic carbocycles. The van der Waals surface area contributed by atoms with Gasteiger partial charge in [-0.3, -0.25) is 0 Å². The average Bonchev–Trinajstić information content (AvgIpc) is 2.04. The van der Waals surface area contributed by atoms with E-state index in [2.05, 4.69) is 35.6 Å². The first-order chi connectivity index (χ1) is 5.95. The number of hydrogen-bond acceptors (Lipinski definition) is 1. The monoisotopic (exact) mass is 161 g/mol. The smallest absolute Gasteiger partial charge is 0.0340 e. The van der Waals surface area contributed by atoms with E-state index in [1.165, 1.54) is 24.9 Å². The molecule has 1 saturated carbocycles. The van der Waals surface area contributed by atoms with Gasteiger partial charge in [-0.15, -0.1) is 0 Å². The first-order valence-electron chi connectivity index (χ1n) is 4.74. The molecule has 2 rings (SSSR count). The fraction of sp³-hybridized carbons (Fsp3) is 0.455. The lowest BCUT2D eigenvalue weighted by Gasteiger charge is -2.25. The standard InChI is InChI=1S/C11H15N/c1-2-7-11(8-3-1)12-9-10-5-4-6-10/h1-3,7-8,10,12H,4-6,9H2. The molecule has 0 amide bonds. The molecule has 1 N–H and O–H groups in total. The van der Waals surface area contributed by atoms with Crippen LogP contribution in [0, 0.1) is 5.92 Å². The van der Waals surface area contributed by atoms with E-state index in [9.17, 15) is 0 Å². The summed E-state index contributed by atoms with van der Waals surface area (Å²) in [7, 11) is 0. The Balaban J connectivity index is 1.79. The van der Waals surface area contributed by atoms with Gasteiger partial charge >= 0.3 is 0 Å². The van der Waals surface area contributed by atoms with E-state index in [0.717, 1.165) is 12.5 Å². The van der Waals surface area contributed by atoms with E-state index in [4.69, 9.17) is 0 Å². The van der Waals surface area contributed by atoms with Crippen molar-refractivity contribution in [1.82, 2.24) is 0 Å². The number of nitrogens with one attached hydrogen (secondary N) is 1. The summed E-state index contributed by atoms with van der Waals surface area (Å²) in [6, 6.07) is 10.4. The third kappa shape index (κ3) is 1.79. The summed E-state index contributed by atoms with van der Waals surface area (Å²) in [5, 5.41) is 3.45. The van der Waals surface area contributed by atoms with Crippen LogP contribution >= 0.6 is 0 Å². The van der Waals surface area contributed by atoms with Gasteiger partial charge in [-0.25, -0.2) is 0 Å². The Kier molecular flexibility index (Phi) is 2.31. The maximum absolute atomic E-state index is 3.45. The maximum Gasteiger partial charge on any atom is 0.0340 e. The van der Waals surface area contributed by atoms with E-state index < -0.39 is 0 Å². The molecule has 1 aliphatic carbocycles. The minimum atomic E-state index is 0.935. The molecule has 0 aliphatic heterocycles. The first-order valence-corrected chi connectivity index (χ1v) is 4.74. The second-order valence-electron chi connectivity index (χ2n) is 3.54. The first kappa shape index (κ1) is 7.66. The van der Waals surface area contributed by atoms with Crippen molar-refractivity contribution in [1.29, 1.82) is 0 Å². The van der Waals surface area contributed by atoms with Crippen molar-refractivity contribution in [2.75, 3.05) is 11.9 Å². The summed E-state index contributed by atoms with van der Waals surface area (Å²) < 4.78 is 0. The Morgan fingerprint density at radius 3 is 2.50 bits per heavy atom. The predicted octanol–water partition coefficient (Wildman–Crippen LogP) is 2.90. The van der Waals surface area contributed by atoms with Crippen LogP contribution < -0.4 is 5.32 Å². The van der Waals surface area contributed by atoms with Crippen molar-refractivity contribution >= 4 is 5.69 Å². The van der Waals surface area contributed by atoms with E-state index in [0.29, 0.717) is 0 Å². The van der Waals surface area contributed by atoms with Gasteiger partial charge in [-0.1, -0.05) is 24.6 Å². The summed E-state index contributed by atoms with van der Waals surface area (Å²) in [6.45, 7) is 1.16. The maximum atomic E-state index is 3.45. The minimum absolute atomic E-state index is 0.935. The number of rotatable bonds is 3. The summed E-state index contributed by atoms with van der Waals surface area (Å²) in [4.78, 5) is 0. The summed E-state index contributed by atoms with van der Waals surface area (Å²) in [5.74, 6) is 0.935. The molecule has 0 unspecified atom stereocenters. The van der Waals surface area contributed by atoms with Gasteiger partial charge in [0.15, 0.2) is 0 Å². The Hall–Kier alpha value is -0.980. The lowest BCUT2D eigenvalue weighted by atomic mass is 9.85. The third-order valence-electron chi connectivity index (χ3n) is 2.59. The quantitative estimate of drug-likeness (QED) is 0.718. The Morgan fingerprint density at radius 1 is 1.17 bits per heavy atom. The molecule has 1 heteroatoms. The molecule has 1 nitrogen and oxygen atoms in total. The molecule has 0 bridgehead atoms. The number of anilines is 1. The summed E-state index contributed by atoms with van der Waals surface area (Å²) in [6.07, 6.45) is 4.26. The average molecular weight is 161 g/mol. The van der Waals surface area contributed by atoms with E-state index >= 15 is 0 Å². The molecule has 1 fully saturated rings. The van der Waals surface area contributed by atoms with Gasteiger partial charge in [0, 0.05) is 12.2 Å². The molecule has 0 radical (unpaired) electrons. The molecular formula is C11H15N. The molecule has 0 heterocycles. The van der Waals surface area contributed by atoms with Gasteiger partial charge in [-0.05, 0) is 30.9 Å². The van der Waals surface area contributed by atoms with Crippen LogP contribution in [0.2, 0.25) is 0 Å². The lowest BCUT2D eigenvalue weighted by Crippen LogP contribution is -2.20. The normalized spacial score (nSPS) is 17.0. The van der Waals surface area contributed by atoms with Crippen molar-refractivity contribution in [3.8, 4) is 0 Å². The zero-order valence-corrected chi connectivity index (χ0v) is 7.29. The minimum Gasteiger partial charge on any atom is -0.385 e. The lowest BCUT2D eigenvalue weighted by molar-refractivity contribution is 0.333. The molecule has 1 aromatic rings. The number of hydrogen-bond donors (Lipinski definition) is 1. The molecule has 0 aromatic heterocycles. The van der Waals surface area contributed by atoms with Crippen LogP contribution in [0.5, 0.6) is 0 Å². The molecule has 64 valence electrons. The zero-order chi connectivity index (χ0) is 8.23. The zero-order valence-electron chi connectivity index (χ0n) is 7.29. The van der Waals surface area contributed by atoms with E-state index in [1.54, 1.807) is 0 Å². The Labute approximate surface area is 73.8 Å². The fourth-order valence-corrected chi connectivity index (χ4v) is 1.52. The molecule has 1 aliphatic rings. The SMILES string of the molecule is c1ccc(NCC2CCC2)cc1. The van der Waals surface area contributed by atoms with Crippen LogP contribution in [0.25, 0.3) is 0 Å². The number of para-hydroxylation sites is 1. The molecule has 0 spiro atoms. The van der Waals surface area contributed by atoms with Crippen LogP contribution in [0.15, 0.2) is 30.3 Å². The van der Waals surface area contributed by atoms with Crippen LogP contribution in [0.1, 0.15) is 19.3 Å². The van der Waals surface area contributed by atoms with Crippen LogP contribution in [-0.4, -0.2) is 6.54 Å². The van der Waals surface area contributed by atoms with E-state index in [-0.39, 0.29) is 0 Å². The van der Waals surface area contributed by atoms with Gasteiger partial charge in [-0.2, -0.15) is 0 Å². The molecule has 0 atom stereocenters. The van der Waals surface area contributed by atoms with Gasteiger partial charge < -0.3 is 5.32 Å². The highest BCUT2D eigenvalue weighted by Crippen LogP contribution is 2.26. The van der Waals surface area contributed by atoms with Gasteiger partial charge in [0.05, 0.1) is 0 Å². The van der Waals surface area contributed by atoms with Gasteiger partial charge in [0.1, 0.15) is 0 Å². The summed E-state index contributed by atoms with van der Waals surface area (Å²) >= 11 is 0. The van der Waals surface area contributed by atoms with Crippen LogP contribution in [0.4, 0.5) is 5.69 Å². The fourth-order valence-electron chi connectivity index (χ4n) is 1.52. The van der Waals surface area contributed by atoms with Crippen molar-refractivity contribution in [3.05, 3.63) is 30.3 Å².